The van der Waals surface area contributed by atoms with Gasteiger partial charge >= 0.3 is 0 Å². The minimum Gasteiger partial charge on any atom is -0.497 e. The van der Waals surface area contributed by atoms with Crippen LogP contribution in [0.3, 0.4) is 0 Å². The first-order valence-electron chi connectivity index (χ1n) is 15.8. The van der Waals surface area contributed by atoms with Crippen molar-refractivity contribution in [2.45, 2.75) is 50.9 Å². The van der Waals surface area contributed by atoms with E-state index in [0.717, 1.165) is 29.5 Å². The molecule has 0 aromatic heterocycles. The SMILES string of the molecule is COc1cc(CN(C(=O)C2=C(c3ccc(OCCOc4cc(F)ccc4Cl)cc3)C[C@@H]3CN(C(C)=O)C[C@H]2N3)C2CC2)cc(OC)c1. The summed E-state index contributed by atoms with van der Waals surface area (Å²) in [5.74, 6) is 1.79. The molecule has 248 valence electrons. The van der Waals surface area contributed by atoms with Crippen molar-refractivity contribution in [3.63, 3.8) is 0 Å². The van der Waals surface area contributed by atoms with Gasteiger partial charge in [0, 0.05) is 56.3 Å². The Hall–Kier alpha value is -4.28. The lowest BCUT2D eigenvalue weighted by atomic mass is 9.82. The highest BCUT2D eigenvalue weighted by atomic mass is 35.5. The van der Waals surface area contributed by atoms with E-state index in [4.69, 9.17) is 30.5 Å². The molecule has 1 N–H and O–H groups in total. The molecule has 2 aliphatic heterocycles. The summed E-state index contributed by atoms with van der Waals surface area (Å²) in [5.41, 5.74) is 3.54. The number of halogens is 2. The maximum Gasteiger partial charge on any atom is 0.252 e. The minimum absolute atomic E-state index is 0.00410. The fourth-order valence-corrected chi connectivity index (χ4v) is 6.51. The number of rotatable bonds is 12. The number of carbonyl (C=O) groups is 2. The Bertz CT molecular complexity index is 1640. The van der Waals surface area contributed by atoms with Gasteiger partial charge in [0.05, 0.1) is 25.3 Å². The van der Waals surface area contributed by atoms with Crippen LogP contribution >= 0.6 is 11.6 Å². The summed E-state index contributed by atoms with van der Waals surface area (Å²) < 4.78 is 36.0. The summed E-state index contributed by atoms with van der Waals surface area (Å²) in [5, 5.41) is 3.97. The van der Waals surface area contributed by atoms with Crippen LogP contribution < -0.4 is 24.3 Å². The van der Waals surface area contributed by atoms with Crippen LogP contribution in [0, 0.1) is 5.82 Å². The standard InChI is InChI=1S/C36H39ClFN3O6/c1-22(42)40-20-26-17-31(24-4-9-28(10-5-24)46-12-13-47-34-16-25(38)6-11-32(34)37)35(33(21-40)39-26)36(43)41(27-7-8-27)19-23-14-29(44-2)18-30(15-23)45-3/h4-6,9-11,14-16,18,26-27,33,39H,7-8,12-13,17,19-21H2,1-3H3/t26-,33-/m1/s1. The maximum absolute atomic E-state index is 14.6. The predicted molar refractivity (Wildman–Crippen MR) is 176 cm³/mol. The molecule has 2 amide bonds. The van der Waals surface area contributed by atoms with Gasteiger partial charge in [0.1, 0.15) is 42.0 Å². The molecule has 6 rings (SSSR count). The van der Waals surface area contributed by atoms with Crippen LogP contribution in [0.1, 0.15) is 37.3 Å². The van der Waals surface area contributed by atoms with Gasteiger partial charge in [-0.3, -0.25) is 9.59 Å². The number of hydrogen-bond donors (Lipinski definition) is 1. The Morgan fingerprint density at radius 2 is 1.64 bits per heavy atom. The molecule has 1 saturated carbocycles. The Morgan fingerprint density at radius 3 is 2.30 bits per heavy atom. The Kier molecular flexibility index (Phi) is 9.89. The van der Waals surface area contributed by atoms with E-state index in [2.05, 4.69) is 5.32 Å². The third kappa shape index (κ3) is 7.66. The fraction of sp³-hybridized carbons (Fsp3) is 0.389. The van der Waals surface area contributed by atoms with Gasteiger partial charge in [-0.05, 0) is 72.4 Å². The summed E-state index contributed by atoms with van der Waals surface area (Å²) in [6, 6.07) is 17.2. The van der Waals surface area contributed by atoms with E-state index >= 15 is 0 Å². The normalized spacial score (nSPS) is 18.9. The molecule has 0 radical (unpaired) electrons. The van der Waals surface area contributed by atoms with Gasteiger partial charge in [-0.2, -0.15) is 0 Å². The van der Waals surface area contributed by atoms with Crippen LogP contribution in [0.25, 0.3) is 5.57 Å². The van der Waals surface area contributed by atoms with Crippen molar-refractivity contribution in [2.24, 2.45) is 0 Å². The van der Waals surface area contributed by atoms with E-state index < -0.39 is 5.82 Å². The number of nitrogens with zero attached hydrogens (tertiary/aromatic N) is 2. The first-order valence-corrected chi connectivity index (χ1v) is 16.2. The number of hydrogen-bond acceptors (Lipinski definition) is 7. The molecule has 2 fully saturated rings. The third-order valence-electron chi connectivity index (χ3n) is 8.80. The van der Waals surface area contributed by atoms with Crippen LogP contribution in [0.5, 0.6) is 23.0 Å². The van der Waals surface area contributed by atoms with Gasteiger partial charge in [-0.1, -0.05) is 23.7 Å². The first kappa shape index (κ1) is 32.7. The molecule has 9 nitrogen and oxygen atoms in total. The summed E-state index contributed by atoms with van der Waals surface area (Å²) in [7, 11) is 3.22. The zero-order valence-electron chi connectivity index (χ0n) is 26.8. The lowest BCUT2D eigenvalue weighted by molar-refractivity contribution is -0.132. The highest BCUT2D eigenvalue weighted by Gasteiger charge is 2.43. The van der Waals surface area contributed by atoms with Crippen molar-refractivity contribution in [2.75, 3.05) is 40.5 Å². The van der Waals surface area contributed by atoms with Gasteiger partial charge in [0.2, 0.25) is 5.91 Å². The molecule has 0 unspecified atom stereocenters. The molecule has 47 heavy (non-hydrogen) atoms. The summed E-state index contributed by atoms with van der Waals surface area (Å²) in [6.45, 7) is 3.43. The number of nitrogens with one attached hydrogen (secondary N) is 1. The summed E-state index contributed by atoms with van der Waals surface area (Å²) >= 11 is 6.08. The van der Waals surface area contributed by atoms with Crippen molar-refractivity contribution in [1.29, 1.82) is 0 Å². The van der Waals surface area contributed by atoms with Crippen LogP contribution in [-0.2, 0) is 16.1 Å². The van der Waals surface area contributed by atoms with E-state index in [1.807, 2.05) is 52.3 Å². The Morgan fingerprint density at radius 1 is 0.936 bits per heavy atom. The molecule has 1 saturated heterocycles. The van der Waals surface area contributed by atoms with Crippen LogP contribution in [-0.4, -0.2) is 80.3 Å². The van der Waals surface area contributed by atoms with Crippen molar-refractivity contribution in [3.05, 3.63) is 88.2 Å². The second kappa shape index (κ2) is 14.2. The van der Waals surface area contributed by atoms with Crippen LogP contribution in [0.4, 0.5) is 4.39 Å². The number of benzene rings is 3. The van der Waals surface area contributed by atoms with Crippen molar-refractivity contribution >= 4 is 29.0 Å². The van der Waals surface area contributed by atoms with E-state index in [1.165, 1.54) is 18.2 Å². The average molecular weight is 664 g/mol. The van der Waals surface area contributed by atoms with Gasteiger partial charge in [-0.25, -0.2) is 4.39 Å². The highest BCUT2D eigenvalue weighted by Crippen LogP contribution is 2.38. The van der Waals surface area contributed by atoms with Gasteiger partial charge in [0.25, 0.3) is 5.91 Å². The molecular formula is C36H39ClFN3O6. The van der Waals surface area contributed by atoms with Gasteiger partial charge < -0.3 is 34.1 Å². The van der Waals surface area contributed by atoms with Crippen LogP contribution in [0.15, 0.2) is 66.2 Å². The average Bonchev–Trinajstić information content (AvgIpc) is 3.92. The van der Waals surface area contributed by atoms with E-state index in [1.54, 1.807) is 21.1 Å². The summed E-state index contributed by atoms with van der Waals surface area (Å²) in [4.78, 5) is 30.9. The van der Waals surface area contributed by atoms with Gasteiger partial charge in [0.15, 0.2) is 0 Å². The first-order chi connectivity index (χ1) is 22.7. The molecule has 2 heterocycles. The number of ether oxygens (including phenoxy) is 4. The second-order valence-electron chi connectivity index (χ2n) is 12.1. The smallest absolute Gasteiger partial charge is 0.252 e. The zero-order valence-corrected chi connectivity index (χ0v) is 27.5. The van der Waals surface area contributed by atoms with Crippen molar-refractivity contribution < 1.29 is 32.9 Å². The quantitative estimate of drug-likeness (QED) is 0.256. The second-order valence-corrected chi connectivity index (χ2v) is 12.5. The highest BCUT2D eigenvalue weighted by molar-refractivity contribution is 6.32. The monoisotopic (exact) mass is 663 g/mol. The number of carbonyl (C=O) groups excluding carboxylic acids is 2. The molecule has 2 atom stereocenters. The number of amides is 2. The van der Waals surface area contributed by atoms with E-state index in [0.29, 0.717) is 53.9 Å². The van der Waals surface area contributed by atoms with E-state index in [9.17, 15) is 14.0 Å². The predicted octanol–water partition coefficient (Wildman–Crippen LogP) is 5.49. The lowest BCUT2D eigenvalue weighted by Gasteiger charge is -2.44. The number of fused-ring (bicyclic) bond motifs is 2. The molecule has 3 aliphatic rings. The molecule has 2 bridgehead atoms. The molecular weight excluding hydrogens is 625 g/mol. The number of piperazine rings is 1. The van der Waals surface area contributed by atoms with Crippen molar-refractivity contribution in [3.8, 4) is 23.0 Å². The summed E-state index contributed by atoms with van der Waals surface area (Å²) in [6.07, 6.45) is 2.49. The Balaban J connectivity index is 1.24. The lowest BCUT2D eigenvalue weighted by Crippen LogP contribution is -2.61. The molecule has 3 aromatic rings. The molecule has 1 aliphatic carbocycles. The molecule has 3 aromatic carbocycles. The van der Waals surface area contributed by atoms with Crippen LogP contribution in [0.2, 0.25) is 5.02 Å². The fourth-order valence-electron chi connectivity index (χ4n) is 6.34. The largest absolute Gasteiger partial charge is 0.497 e. The number of methoxy groups -OCH3 is 2. The van der Waals surface area contributed by atoms with E-state index in [-0.39, 0.29) is 48.9 Å². The third-order valence-corrected chi connectivity index (χ3v) is 9.11. The molecule has 0 spiro atoms. The minimum atomic E-state index is -0.426. The maximum atomic E-state index is 14.6. The topological polar surface area (TPSA) is 89.6 Å². The van der Waals surface area contributed by atoms with Crippen molar-refractivity contribution in [1.82, 2.24) is 15.1 Å². The van der Waals surface area contributed by atoms with Gasteiger partial charge in [-0.15, -0.1) is 0 Å². The molecule has 11 heteroatoms. The Labute approximate surface area is 279 Å². The zero-order chi connectivity index (χ0) is 33.1.